The van der Waals surface area contributed by atoms with Gasteiger partial charge in [-0.1, -0.05) is 25.0 Å². The zero-order valence-corrected chi connectivity index (χ0v) is 18.7. The minimum Gasteiger partial charge on any atom is -0.481 e. The number of carbonyl (C=O) groups excluding carboxylic acids is 1. The predicted molar refractivity (Wildman–Crippen MR) is 116 cm³/mol. The molecule has 0 aliphatic heterocycles. The number of aryl methyl sites for hydroxylation is 2. The summed E-state index contributed by atoms with van der Waals surface area (Å²) in [5.74, 6) is -0.707. The quantitative estimate of drug-likeness (QED) is 0.309. The Morgan fingerprint density at radius 2 is 1.79 bits per heavy atom. The summed E-state index contributed by atoms with van der Waals surface area (Å²) < 4.78 is 5.24. The lowest BCUT2D eigenvalue weighted by Gasteiger charge is -2.19. The van der Waals surface area contributed by atoms with Crippen molar-refractivity contribution in [2.24, 2.45) is 5.41 Å². The number of carboxylic acid groups (broad SMARTS) is 1. The van der Waals surface area contributed by atoms with E-state index in [4.69, 9.17) is 4.74 Å². The van der Waals surface area contributed by atoms with E-state index >= 15 is 0 Å². The molecule has 0 heterocycles. The fourth-order valence-corrected chi connectivity index (χ4v) is 4.18. The number of ether oxygens (including phenoxy) is 1. The smallest absolute Gasteiger partial charge is 0.309 e. The van der Waals surface area contributed by atoms with E-state index in [-0.39, 0.29) is 5.60 Å². The van der Waals surface area contributed by atoms with Gasteiger partial charge < -0.3 is 9.84 Å². The largest absolute Gasteiger partial charge is 0.481 e. The molecule has 4 heteroatoms. The van der Waals surface area contributed by atoms with Crippen molar-refractivity contribution in [1.29, 1.82) is 0 Å². The molecular formula is C25H38O4. The summed E-state index contributed by atoms with van der Waals surface area (Å²) in [6, 6.07) is 4.50. The Labute approximate surface area is 176 Å². The van der Waals surface area contributed by atoms with Gasteiger partial charge in [0.1, 0.15) is 5.60 Å². The first kappa shape index (κ1) is 23.4. The van der Waals surface area contributed by atoms with Crippen LogP contribution in [0.15, 0.2) is 12.1 Å². The van der Waals surface area contributed by atoms with E-state index in [9.17, 15) is 14.7 Å². The standard InChI is InChI=1S/C25H38O4/c1-19-12-13-21(10-6-5-8-14-24(3,4)23(27)28)20(2)22(19)11-7-9-15-25(16-17-25)29-18-26/h12-13,18H,5-11,14-17H2,1-4H3,(H,27,28). The Morgan fingerprint density at radius 3 is 2.41 bits per heavy atom. The molecule has 29 heavy (non-hydrogen) atoms. The number of carboxylic acids is 1. The van der Waals surface area contributed by atoms with Crippen LogP contribution in [0.25, 0.3) is 0 Å². The number of benzene rings is 1. The summed E-state index contributed by atoms with van der Waals surface area (Å²) in [5, 5.41) is 9.21. The molecule has 0 unspecified atom stereocenters. The molecule has 1 N–H and O–H groups in total. The van der Waals surface area contributed by atoms with Crippen LogP contribution in [0.5, 0.6) is 0 Å². The average Bonchev–Trinajstić information content (AvgIpc) is 3.42. The molecule has 162 valence electrons. The first-order valence-corrected chi connectivity index (χ1v) is 11.1. The second kappa shape index (κ2) is 10.3. The molecule has 2 rings (SSSR count). The summed E-state index contributed by atoms with van der Waals surface area (Å²) >= 11 is 0. The van der Waals surface area contributed by atoms with Crippen LogP contribution in [0.3, 0.4) is 0 Å². The monoisotopic (exact) mass is 402 g/mol. The molecule has 0 radical (unpaired) electrons. The molecule has 1 aliphatic rings. The van der Waals surface area contributed by atoms with E-state index in [0.717, 1.165) is 70.6 Å². The lowest BCUT2D eigenvalue weighted by Crippen LogP contribution is -2.23. The van der Waals surface area contributed by atoms with Crippen molar-refractivity contribution in [2.45, 2.75) is 104 Å². The van der Waals surface area contributed by atoms with Gasteiger partial charge in [-0.25, -0.2) is 0 Å². The third kappa shape index (κ3) is 6.87. The molecule has 0 amide bonds. The van der Waals surface area contributed by atoms with E-state index in [1.165, 1.54) is 22.3 Å². The number of rotatable bonds is 14. The minimum absolute atomic E-state index is 0.136. The Morgan fingerprint density at radius 1 is 1.10 bits per heavy atom. The molecule has 0 spiro atoms. The second-order valence-corrected chi connectivity index (χ2v) is 9.50. The molecule has 1 aliphatic carbocycles. The van der Waals surface area contributed by atoms with Gasteiger partial charge >= 0.3 is 5.97 Å². The van der Waals surface area contributed by atoms with Crippen molar-refractivity contribution in [3.63, 3.8) is 0 Å². The number of hydrogen-bond donors (Lipinski definition) is 1. The van der Waals surface area contributed by atoms with Gasteiger partial charge in [-0.3, -0.25) is 9.59 Å². The van der Waals surface area contributed by atoms with Crippen molar-refractivity contribution in [1.82, 2.24) is 0 Å². The van der Waals surface area contributed by atoms with Gasteiger partial charge in [-0.05, 0) is 108 Å². The van der Waals surface area contributed by atoms with Crippen LogP contribution in [0.2, 0.25) is 0 Å². The van der Waals surface area contributed by atoms with Crippen molar-refractivity contribution in [3.05, 3.63) is 34.4 Å². The summed E-state index contributed by atoms with van der Waals surface area (Å²) in [7, 11) is 0. The highest BCUT2D eigenvalue weighted by Gasteiger charge is 2.44. The SMILES string of the molecule is Cc1ccc(CCCCCC(C)(C)C(=O)O)c(C)c1CCCCC1(OC=O)CC1. The van der Waals surface area contributed by atoms with E-state index in [2.05, 4.69) is 26.0 Å². The van der Waals surface area contributed by atoms with Crippen LogP contribution in [0.1, 0.15) is 93.9 Å². The molecule has 0 saturated heterocycles. The van der Waals surface area contributed by atoms with Crippen molar-refractivity contribution >= 4 is 12.4 Å². The van der Waals surface area contributed by atoms with Crippen molar-refractivity contribution in [2.75, 3.05) is 0 Å². The Hall–Kier alpha value is -1.84. The predicted octanol–water partition coefficient (Wildman–Crippen LogP) is 5.94. The number of aliphatic carboxylic acids is 1. The molecular weight excluding hydrogens is 364 g/mol. The zero-order valence-electron chi connectivity index (χ0n) is 18.7. The maximum absolute atomic E-state index is 11.2. The van der Waals surface area contributed by atoms with E-state index < -0.39 is 11.4 Å². The average molecular weight is 403 g/mol. The molecule has 1 fully saturated rings. The molecule has 1 aromatic carbocycles. The molecule has 0 atom stereocenters. The van der Waals surface area contributed by atoms with Gasteiger partial charge in [0.15, 0.2) is 0 Å². The van der Waals surface area contributed by atoms with Gasteiger partial charge in [0.25, 0.3) is 6.47 Å². The van der Waals surface area contributed by atoms with Crippen LogP contribution in [0.4, 0.5) is 0 Å². The molecule has 1 aromatic rings. The third-order valence-electron chi connectivity index (χ3n) is 6.69. The lowest BCUT2D eigenvalue weighted by molar-refractivity contribution is -0.147. The topological polar surface area (TPSA) is 63.6 Å². The van der Waals surface area contributed by atoms with Gasteiger partial charge in [-0.15, -0.1) is 0 Å². The van der Waals surface area contributed by atoms with Gasteiger partial charge in [0.2, 0.25) is 0 Å². The number of carbonyl (C=O) groups is 2. The van der Waals surface area contributed by atoms with Gasteiger partial charge in [0, 0.05) is 0 Å². The first-order valence-electron chi connectivity index (χ1n) is 11.1. The maximum atomic E-state index is 11.2. The summed E-state index contributed by atoms with van der Waals surface area (Å²) in [4.78, 5) is 21.8. The Bertz CT molecular complexity index is 701. The highest BCUT2D eigenvalue weighted by molar-refractivity contribution is 5.73. The molecule has 0 aromatic heterocycles. The van der Waals surface area contributed by atoms with Crippen LogP contribution < -0.4 is 0 Å². The number of hydrogen-bond acceptors (Lipinski definition) is 3. The highest BCUT2D eigenvalue weighted by Crippen LogP contribution is 2.43. The Balaban J connectivity index is 1.78. The lowest BCUT2D eigenvalue weighted by atomic mass is 9.86. The van der Waals surface area contributed by atoms with Gasteiger partial charge in [-0.2, -0.15) is 0 Å². The van der Waals surface area contributed by atoms with E-state index in [1.54, 1.807) is 0 Å². The van der Waals surface area contributed by atoms with Crippen molar-refractivity contribution in [3.8, 4) is 0 Å². The van der Waals surface area contributed by atoms with E-state index in [1.807, 2.05) is 13.8 Å². The van der Waals surface area contributed by atoms with Crippen LogP contribution in [0, 0.1) is 19.3 Å². The van der Waals surface area contributed by atoms with E-state index in [0.29, 0.717) is 6.47 Å². The summed E-state index contributed by atoms with van der Waals surface area (Å²) in [6.45, 7) is 8.65. The van der Waals surface area contributed by atoms with Crippen LogP contribution >= 0.6 is 0 Å². The molecule has 4 nitrogen and oxygen atoms in total. The maximum Gasteiger partial charge on any atom is 0.309 e. The number of unbranched alkanes of at least 4 members (excludes halogenated alkanes) is 3. The highest BCUT2D eigenvalue weighted by atomic mass is 16.5. The zero-order chi connectivity index (χ0) is 21.5. The summed E-state index contributed by atoms with van der Waals surface area (Å²) in [6.07, 6.45) is 11.2. The van der Waals surface area contributed by atoms with Crippen molar-refractivity contribution < 1.29 is 19.4 Å². The van der Waals surface area contributed by atoms with Gasteiger partial charge in [0.05, 0.1) is 5.41 Å². The first-order chi connectivity index (χ1) is 13.7. The second-order valence-electron chi connectivity index (χ2n) is 9.50. The Kier molecular flexibility index (Phi) is 8.30. The summed E-state index contributed by atoms with van der Waals surface area (Å²) in [5.41, 5.74) is 4.91. The molecule has 1 saturated carbocycles. The third-order valence-corrected chi connectivity index (χ3v) is 6.69. The minimum atomic E-state index is -0.707. The fraction of sp³-hybridized carbons (Fsp3) is 0.680. The fourth-order valence-electron chi connectivity index (χ4n) is 4.18. The normalized spacial score (nSPS) is 15.2. The molecule has 0 bridgehead atoms. The van der Waals surface area contributed by atoms with Crippen LogP contribution in [-0.2, 0) is 27.2 Å². The van der Waals surface area contributed by atoms with Crippen LogP contribution in [-0.4, -0.2) is 23.1 Å².